The van der Waals surface area contributed by atoms with Crippen molar-refractivity contribution in [3.05, 3.63) is 108 Å². The largest absolute Gasteiger partial charge is 0.298 e. The van der Waals surface area contributed by atoms with Gasteiger partial charge in [-0.1, -0.05) is 78.6 Å². The lowest BCUT2D eigenvalue weighted by Gasteiger charge is -2.08. The van der Waals surface area contributed by atoms with Gasteiger partial charge >= 0.3 is 0 Å². The van der Waals surface area contributed by atoms with E-state index in [1.165, 1.54) is 32.3 Å². The fourth-order valence-corrected chi connectivity index (χ4v) is 3.69. The van der Waals surface area contributed by atoms with E-state index in [2.05, 4.69) is 78.6 Å². The first-order valence-electron chi connectivity index (χ1n) is 9.23. The Balaban J connectivity index is 1.69. The maximum atomic E-state index is 10.8. The second kappa shape index (κ2) is 6.68. The van der Waals surface area contributed by atoms with Gasteiger partial charge in [-0.25, -0.2) is 0 Å². The zero-order valence-electron chi connectivity index (χ0n) is 15.1. The van der Waals surface area contributed by atoms with Gasteiger partial charge in [-0.15, -0.1) is 0 Å². The van der Waals surface area contributed by atoms with E-state index in [1.807, 2.05) is 12.1 Å². The summed E-state index contributed by atoms with van der Waals surface area (Å²) in [5, 5.41) is 7.45. The maximum absolute atomic E-state index is 10.8. The maximum Gasteiger partial charge on any atom is 0.150 e. The molecule has 0 aromatic heterocycles. The minimum Gasteiger partial charge on any atom is -0.298 e. The van der Waals surface area contributed by atoms with Crippen LogP contribution in [0.25, 0.3) is 32.3 Å². The summed E-state index contributed by atoms with van der Waals surface area (Å²) in [6.07, 6.45) is 0.843. The van der Waals surface area contributed by atoms with E-state index in [0.717, 1.165) is 17.4 Å². The molecule has 1 nitrogen and oxygen atoms in total. The van der Waals surface area contributed by atoms with Crippen molar-refractivity contribution in [3.8, 4) is 11.8 Å². The number of carbonyl (C=O) groups is 1. The minimum absolute atomic E-state index is 0.662. The third-order valence-electron chi connectivity index (χ3n) is 5.12. The van der Waals surface area contributed by atoms with E-state index in [4.69, 9.17) is 0 Å². The normalized spacial score (nSPS) is 10.7. The number of benzene rings is 5. The van der Waals surface area contributed by atoms with Crippen molar-refractivity contribution in [1.29, 1.82) is 0 Å². The van der Waals surface area contributed by atoms with Crippen molar-refractivity contribution in [1.82, 2.24) is 0 Å². The summed E-state index contributed by atoms with van der Waals surface area (Å²) in [6, 6.07) is 30.9. The molecule has 5 aromatic rings. The summed E-state index contributed by atoms with van der Waals surface area (Å²) in [5.74, 6) is 6.46. The second-order valence-electron chi connectivity index (χ2n) is 6.88. The van der Waals surface area contributed by atoms with Crippen LogP contribution in [0.1, 0.15) is 21.5 Å². The van der Waals surface area contributed by atoms with Crippen LogP contribution in [0, 0.1) is 11.8 Å². The molecule has 0 aliphatic rings. The van der Waals surface area contributed by atoms with Gasteiger partial charge in [0.15, 0.2) is 0 Å². The van der Waals surface area contributed by atoms with Gasteiger partial charge < -0.3 is 0 Å². The van der Waals surface area contributed by atoms with Crippen LogP contribution in [0.4, 0.5) is 0 Å². The first-order valence-corrected chi connectivity index (χ1v) is 9.23. The highest BCUT2D eigenvalue weighted by atomic mass is 16.1. The molecule has 0 spiro atoms. The number of carbonyl (C=O) groups excluding carboxylic acids is 1. The molecule has 0 aliphatic heterocycles. The van der Waals surface area contributed by atoms with Crippen molar-refractivity contribution in [2.24, 2.45) is 0 Å². The highest BCUT2D eigenvalue weighted by Crippen LogP contribution is 2.32. The van der Waals surface area contributed by atoms with Crippen molar-refractivity contribution < 1.29 is 4.79 Å². The fraction of sp³-hybridized carbons (Fsp3) is 0. The Labute approximate surface area is 163 Å². The van der Waals surface area contributed by atoms with Crippen molar-refractivity contribution >= 4 is 38.6 Å². The van der Waals surface area contributed by atoms with Crippen LogP contribution in [0.5, 0.6) is 0 Å². The van der Waals surface area contributed by atoms with Crippen LogP contribution < -0.4 is 0 Å². The number of aldehydes is 1. The molecule has 0 heterocycles. The van der Waals surface area contributed by atoms with E-state index < -0.39 is 0 Å². The Kier molecular flexibility index (Phi) is 3.89. The lowest BCUT2D eigenvalue weighted by atomic mass is 9.95. The first-order chi connectivity index (χ1) is 13.8. The molecule has 0 saturated carbocycles. The second-order valence-corrected chi connectivity index (χ2v) is 6.88. The molecule has 0 bridgehead atoms. The number of fused-ring (bicyclic) bond motifs is 5. The van der Waals surface area contributed by atoms with Crippen LogP contribution in [-0.4, -0.2) is 6.29 Å². The van der Waals surface area contributed by atoms with E-state index >= 15 is 0 Å². The SMILES string of the molecule is O=Cc1ccc(C#Cc2ccc3ccc4ccc5ccccc5c4c3c2)cc1. The topological polar surface area (TPSA) is 17.1 Å². The molecule has 130 valence electrons. The third kappa shape index (κ3) is 2.82. The highest BCUT2D eigenvalue weighted by Gasteiger charge is 2.05. The number of rotatable bonds is 1. The van der Waals surface area contributed by atoms with Gasteiger partial charge in [0.25, 0.3) is 0 Å². The molecule has 0 amide bonds. The fourth-order valence-electron chi connectivity index (χ4n) is 3.69. The van der Waals surface area contributed by atoms with Crippen LogP contribution in [-0.2, 0) is 0 Å². The number of hydrogen-bond acceptors (Lipinski definition) is 1. The Morgan fingerprint density at radius 1 is 0.571 bits per heavy atom. The van der Waals surface area contributed by atoms with Crippen LogP contribution in [0.2, 0.25) is 0 Å². The lowest BCUT2D eigenvalue weighted by Crippen LogP contribution is -1.83. The van der Waals surface area contributed by atoms with Crippen LogP contribution in [0.3, 0.4) is 0 Å². The summed E-state index contributed by atoms with van der Waals surface area (Å²) >= 11 is 0. The molecule has 0 N–H and O–H groups in total. The zero-order valence-corrected chi connectivity index (χ0v) is 15.1. The molecule has 28 heavy (non-hydrogen) atoms. The van der Waals surface area contributed by atoms with E-state index in [0.29, 0.717) is 5.56 Å². The van der Waals surface area contributed by atoms with Crippen molar-refractivity contribution in [2.45, 2.75) is 0 Å². The Hall–Kier alpha value is -3.89. The van der Waals surface area contributed by atoms with E-state index in [9.17, 15) is 4.79 Å². The molecule has 1 heteroatoms. The van der Waals surface area contributed by atoms with E-state index in [-0.39, 0.29) is 0 Å². The molecule has 0 aliphatic carbocycles. The molecule has 0 fully saturated rings. The van der Waals surface area contributed by atoms with Gasteiger partial charge in [0.05, 0.1) is 0 Å². The third-order valence-corrected chi connectivity index (χ3v) is 5.12. The predicted octanol–water partition coefficient (Wildman–Crippen LogP) is 6.36. The predicted molar refractivity (Wildman–Crippen MR) is 117 cm³/mol. The zero-order chi connectivity index (χ0) is 18.9. The average Bonchev–Trinajstić information content (AvgIpc) is 2.77. The standard InChI is InChI=1S/C27H16O/c28-18-21-9-6-19(7-10-21)5-8-20-11-12-23-14-16-24-15-13-22-3-1-2-4-25(22)27(24)26(23)17-20/h1-4,6-7,9-18H. The Morgan fingerprint density at radius 2 is 1.18 bits per heavy atom. The Bertz CT molecular complexity index is 1410. The Morgan fingerprint density at radius 3 is 1.96 bits per heavy atom. The smallest absolute Gasteiger partial charge is 0.150 e. The van der Waals surface area contributed by atoms with Gasteiger partial charge in [0.1, 0.15) is 6.29 Å². The van der Waals surface area contributed by atoms with Crippen molar-refractivity contribution in [3.63, 3.8) is 0 Å². The first kappa shape index (κ1) is 16.3. The molecule has 5 aromatic carbocycles. The summed E-state index contributed by atoms with van der Waals surface area (Å²) in [5.41, 5.74) is 2.54. The highest BCUT2D eigenvalue weighted by molar-refractivity contribution is 6.20. The summed E-state index contributed by atoms with van der Waals surface area (Å²) in [4.78, 5) is 10.8. The summed E-state index contributed by atoms with van der Waals surface area (Å²) < 4.78 is 0. The van der Waals surface area contributed by atoms with Gasteiger partial charge in [-0.05, 0) is 56.6 Å². The van der Waals surface area contributed by atoms with Gasteiger partial charge in [0.2, 0.25) is 0 Å². The molecule has 5 rings (SSSR count). The quantitative estimate of drug-likeness (QED) is 0.194. The summed E-state index contributed by atoms with van der Waals surface area (Å²) in [7, 11) is 0. The molecular weight excluding hydrogens is 340 g/mol. The average molecular weight is 356 g/mol. The van der Waals surface area contributed by atoms with E-state index in [1.54, 1.807) is 12.1 Å². The van der Waals surface area contributed by atoms with Crippen LogP contribution >= 0.6 is 0 Å². The van der Waals surface area contributed by atoms with Crippen LogP contribution in [0.15, 0.2) is 91.0 Å². The molecule has 0 radical (unpaired) electrons. The monoisotopic (exact) mass is 356 g/mol. The van der Waals surface area contributed by atoms with Gasteiger partial charge in [-0.2, -0.15) is 0 Å². The molecular formula is C27H16O. The van der Waals surface area contributed by atoms with Gasteiger partial charge in [0, 0.05) is 16.7 Å². The molecule has 0 atom stereocenters. The van der Waals surface area contributed by atoms with Crippen molar-refractivity contribution in [2.75, 3.05) is 0 Å². The molecule has 0 saturated heterocycles. The minimum atomic E-state index is 0.662. The molecule has 0 unspecified atom stereocenters. The lowest BCUT2D eigenvalue weighted by molar-refractivity contribution is 0.112. The summed E-state index contributed by atoms with van der Waals surface area (Å²) in [6.45, 7) is 0. The van der Waals surface area contributed by atoms with Gasteiger partial charge in [-0.3, -0.25) is 4.79 Å². The number of hydrogen-bond donors (Lipinski definition) is 0.